The lowest BCUT2D eigenvalue weighted by Crippen LogP contribution is -2.15. The number of carbonyl (C=O) groups excluding carboxylic acids is 1. The van der Waals surface area contributed by atoms with Crippen molar-refractivity contribution in [2.45, 2.75) is 6.92 Å². The zero-order chi connectivity index (χ0) is 18.7. The number of thiophene rings is 1. The highest BCUT2D eigenvalue weighted by molar-refractivity contribution is 7.92. The van der Waals surface area contributed by atoms with E-state index in [1.165, 1.54) is 18.4 Å². The predicted octanol–water partition coefficient (Wildman–Crippen LogP) is 3.92. The van der Waals surface area contributed by atoms with Gasteiger partial charge in [-0.3, -0.25) is 9.52 Å². The first kappa shape index (κ1) is 18.2. The Morgan fingerprint density at radius 3 is 2.62 bits per heavy atom. The fraction of sp³-hybridized carbons (Fsp3) is 0.167. The molecular formula is C18H18N2O4S2. The maximum atomic E-state index is 12.5. The fourth-order valence-corrected chi connectivity index (χ4v) is 3.99. The molecule has 6 nitrogen and oxygen atoms in total. The van der Waals surface area contributed by atoms with E-state index in [4.69, 9.17) is 4.74 Å². The van der Waals surface area contributed by atoms with Crippen molar-refractivity contribution in [3.05, 3.63) is 53.4 Å². The molecule has 0 spiro atoms. The standard InChI is InChI=1S/C18H18N2O4S2/c1-3-26(22,23)20-14-9-8-13(11-15(14)24-2)19-18(21)17-10-12-6-4-5-7-16(12)25-17/h4-11,20H,3H2,1-2H3,(H,19,21). The van der Waals surface area contributed by atoms with Gasteiger partial charge in [0.15, 0.2) is 0 Å². The number of hydrogen-bond acceptors (Lipinski definition) is 5. The van der Waals surface area contributed by atoms with Crippen LogP contribution in [0.4, 0.5) is 11.4 Å². The molecule has 2 aromatic carbocycles. The Kier molecular flexibility index (Phi) is 5.15. The van der Waals surface area contributed by atoms with Gasteiger partial charge in [-0.2, -0.15) is 0 Å². The molecule has 3 rings (SSSR count). The van der Waals surface area contributed by atoms with Crippen LogP contribution >= 0.6 is 11.3 Å². The minimum atomic E-state index is -3.41. The van der Waals surface area contributed by atoms with Gasteiger partial charge in [0.1, 0.15) is 5.75 Å². The smallest absolute Gasteiger partial charge is 0.265 e. The van der Waals surface area contributed by atoms with Crippen molar-refractivity contribution in [2.24, 2.45) is 0 Å². The number of amides is 1. The number of methoxy groups -OCH3 is 1. The van der Waals surface area contributed by atoms with Crippen LogP contribution in [0.15, 0.2) is 48.5 Å². The molecule has 3 aromatic rings. The second-order valence-corrected chi connectivity index (χ2v) is 8.62. The third kappa shape index (κ3) is 3.97. The lowest BCUT2D eigenvalue weighted by atomic mass is 10.2. The number of anilines is 2. The Labute approximate surface area is 155 Å². The van der Waals surface area contributed by atoms with Crippen molar-refractivity contribution in [3.63, 3.8) is 0 Å². The molecule has 8 heteroatoms. The van der Waals surface area contributed by atoms with Gasteiger partial charge in [0.05, 0.1) is 23.4 Å². The first-order valence-electron chi connectivity index (χ1n) is 7.90. The van der Waals surface area contributed by atoms with Gasteiger partial charge >= 0.3 is 0 Å². The van der Waals surface area contributed by atoms with E-state index in [9.17, 15) is 13.2 Å². The number of benzene rings is 2. The van der Waals surface area contributed by atoms with Crippen LogP contribution in [-0.2, 0) is 10.0 Å². The molecule has 0 aliphatic rings. The summed E-state index contributed by atoms with van der Waals surface area (Å²) in [4.78, 5) is 13.1. The number of nitrogens with one attached hydrogen (secondary N) is 2. The SMILES string of the molecule is CCS(=O)(=O)Nc1ccc(NC(=O)c2cc3ccccc3s2)cc1OC. The topological polar surface area (TPSA) is 84.5 Å². The van der Waals surface area contributed by atoms with Gasteiger partial charge in [-0.25, -0.2) is 8.42 Å². The Hall–Kier alpha value is -2.58. The largest absolute Gasteiger partial charge is 0.494 e. The van der Waals surface area contributed by atoms with E-state index in [-0.39, 0.29) is 11.7 Å². The van der Waals surface area contributed by atoms with Crippen molar-refractivity contribution < 1.29 is 17.9 Å². The van der Waals surface area contributed by atoms with E-state index in [0.29, 0.717) is 22.0 Å². The van der Waals surface area contributed by atoms with Crippen LogP contribution in [0.3, 0.4) is 0 Å². The highest BCUT2D eigenvalue weighted by atomic mass is 32.2. The van der Waals surface area contributed by atoms with E-state index in [1.54, 1.807) is 25.1 Å². The van der Waals surface area contributed by atoms with Gasteiger partial charge in [0, 0.05) is 16.5 Å². The Morgan fingerprint density at radius 1 is 1.15 bits per heavy atom. The average Bonchev–Trinajstić information content (AvgIpc) is 3.07. The van der Waals surface area contributed by atoms with Gasteiger partial charge in [-0.1, -0.05) is 18.2 Å². The molecule has 0 aliphatic carbocycles. The summed E-state index contributed by atoms with van der Waals surface area (Å²) >= 11 is 1.41. The van der Waals surface area contributed by atoms with Crippen LogP contribution in [0, 0.1) is 0 Å². The van der Waals surface area contributed by atoms with E-state index >= 15 is 0 Å². The molecule has 0 saturated carbocycles. The number of rotatable bonds is 6. The quantitative estimate of drug-likeness (QED) is 0.668. The van der Waals surface area contributed by atoms with Crippen LogP contribution in [0.2, 0.25) is 0 Å². The normalized spacial score (nSPS) is 11.3. The lowest BCUT2D eigenvalue weighted by molar-refractivity contribution is 0.103. The van der Waals surface area contributed by atoms with Crippen molar-refractivity contribution in [1.82, 2.24) is 0 Å². The fourth-order valence-electron chi connectivity index (χ4n) is 2.38. The highest BCUT2D eigenvalue weighted by Crippen LogP contribution is 2.30. The monoisotopic (exact) mass is 390 g/mol. The van der Waals surface area contributed by atoms with Crippen molar-refractivity contribution in [3.8, 4) is 5.75 Å². The second kappa shape index (κ2) is 7.35. The number of hydrogen-bond donors (Lipinski definition) is 2. The zero-order valence-corrected chi connectivity index (χ0v) is 15.9. The predicted molar refractivity (Wildman–Crippen MR) is 106 cm³/mol. The summed E-state index contributed by atoms with van der Waals surface area (Å²) in [5.41, 5.74) is 0.845. The molecule has 0 atom stereocenters. The number of sulfonamides is 1. The number of ether oxygens (including phenoxy) is 1. The third-order valence-electron chi connectivity index (χ3n) is 3.75. The van der Waals surface area contributed by atoms with Gasteiger partial charge < -0.3 is 10.1 Å². The zero-order valence-electron chi connectivity index (χ0n) is 14.3. The van der Waals surface area contributed by atoms with Crippen molar-refractivity contribution in [2.75, 3.05) is 22.9 Å². The van der Waals surface area contributed by atoms with Gasteiger partial charge in [0.2, 0.25) is 10.0 Å². The number of carbonyl (C=O) groups is 1. The second-order valence-electron chi connectivity index (χ2n) is 5.52. The van der Waals surface area contributed by atoms with Gasteiger partial charge in [-0.15, -0.1) is 11.3 Å². The van der Waals surface area contributed by atoms with E-state index in [1.807, 2.05) is 30.3 Å². The molecule has 0 aliphatic heterocycles. The Bertz CT molecular complexity index is 1020. The molecule has 0 bridgehead atoms. The summed E-state index contributed by atoms with van der Waals surface area (Å²) in [6.07, 6.45) is 0. The Morgan fingerprint density at radius 2 is 1.92 bits per heavy atom. The Balaban J connectivity index is 1.82. The molecule has 1 amide bonds. The summed E-state index contributed by atoms with van der Waals surface area (Å²) in [5, 5.41) is 3.83. The lowest BCUT2D eigenvalue weighted by Gasteiger charge is -2.12. The summed E-state index contributed by atoms with van der Waals surface area (Å²) < 4.78 is 32.2. The van der Waals surface area contributed by atoms with E-state index < -0.39 is 10.0 Å². The van der Waals surface area contributed by atoms with Crippen LogP contribution < -0.4 is 14.8 Å². The first-order chi connectivity index (χ1) is 12.4. The van der Waals surface area contributed by atoms with Crippen LogP contribution in [0.1, 0.15) is 16.6 Å². The summed E-state index contributed by atoms with van der Waals surface area (Å²) in [6.45, 7) is 1.55. The minimum Gasteiger partial charge on any atom is -0.494 e. The van der Waals surface area contributed by atoms with E-state index in [2.05, 4.69) is 10.0 Å². The minimum absolute atomic E-state index is 0.0411. The molecule has 26 heavy (non-hydrogen) atoms. The summed E-state index contributed by atoms with van der Waals surface area (Å²) in [6, 6.07) is 14.4. The molecule has 0 unspecified atom stereocenters. The summed E-state index contributed by atoms with van der Waals surface area (Å²) in [7, 11) is -1.97. The molecule has 0 saturated heterocycles. The number of fused-ring (bicyclic) bond motifs is 1. The first-order valence-corrected chi connectivity index (χ1v) is 10.4. The van der Waals surface area contributed by atoms with Crippen molar-refractivity contribution >= 4 is 48.7 Å². The van der Waals surface area contributed by atoms with Crippen LogP contribution in [-0.4, -0.2) is 27.2 Å². The molecular weight excluding hydrogens is 372 g/mol. The molecule has 1 heterocycles. The maximum Gasteiger partial charge on any atom is 0.265 e. The molecule has 136 valence electrons. The van der Waals surface area contributed by atoms with Crippen molar-refractivity contribution in [1.29, 1.82) is 0 Å². The summed E-state index contributed by atoms with van der Waals surface area (Å²) in [5.74, 6) is 0.0620. The van der Waals surface area contributed by atoms with Crippen LogP contribution in [0.5, 0.6) is 5.75 Å². The van der Waals surface area contributed by atoms with E-state index in [0.717, 1.165) is 10.1 Å². The van der Waals surface area contributed by atoms with Gasteiger partial charge in [0.25, 0.3) is 5.91 Å². The molecule has 1 aromatic heterocycles. The third-order valence-corrected chi connectivity index (χ3v) is 6.16. The average molecular weight is 390 g/mol. The van der Waals surface area contributed by atoms with Crippen LogP contribution in [0.25, 0.3) is 10.1 Å². The molecule has 0 fully saturated rings. The van der Waals surface area contributed by atoms with Gasteiger partial charge in [-0.05, 0) is 36.6 Å². The maximum absolute atomic E-state index is 12.5. The molecule has 2 N–H and O–H groups in total. The highest BCUT2D eigenvalue weighted by Gasteiger charge is 2.14. The molecule has 0 radical (unpaired) electrons.